The zero-order valence-corrected chi connectivity index (χ0v) is 13.5. The van der Waals surface area contributed by atoms with Crippen molar-refractivity contribution < 1.29 is 4.74 Å². The van der Waals surface area contributed by atoms with Crippen LogP contribution in [-0.4, -0.2) is 43.3 Å². The first kappa shape index (κ1) is 14.7. The molecule has 1 fully saturated rings. The summed E-state index contributed by atoms with van der Waals surface area (Å²) in [5.41, 5.74) is 2.93. The Hall–Kier alpha value is -1.88. The monoisotopic (exact) mass is 327 g/mol. The first-order valence-electron chi connectivity index (χ1n) is 7.87. The molecule has 0 bridgehead atoms. The van der Waals surface area contributed by atoms with Crippen LogP contribution in [0, 0.1) is 0 Å². The van der Waals surface area contributed by atoms with Crippen LogP contribution >= 0.6 is 11.6 Å². The van der Waals surface area contributed by atoms with Crippen LogP contribution < -0.4 is 10.1 Å². The maximum absolute atomic E-state index is 6.11. The number of fused-ring (bicyclic) bond motifs is 2. The molecule has 0 aliphatic carbocycles. The van der Waals surface area contributed by atoms with Crippen LogP contribution in [-0.2, 0) is 0 Å². The van der Waals surface area contributed by atoms with Crippen molar-refractivity contribution in [3.8, 4) is 11.5 Å². The standard InChI is InChI=1S/C18H18ClN3O/c19-13-5-6-15-18(11-13)23-17-4-2-1-3-14(17)16(21-15)12-22-9-7-20-8-10-22/h1-6,11,20H,7-10,12H2. The smallest absolute Gasteiger partial charge is 0.154 e. The fraction of sp³-hybridized carbons (Fsp3) is 0.278. The number of rotatable bonds is 2. The maximum atomic E-state index is 6.11. The molecule has 2 heterocycles. The Morgan fingerprint density at radius 2 is 1.91 bits per heavy atom. The lowest BCUT2D eigenvalue weighted by Gasteiger charge is -2.27. The zero-order chi connectivity index (χ0) is 15.6. The summed E-state index contributed by atoms with van der Waals surface area (Å²) in [6.07, 6.45) is 0. The Bertz CT molecular complexity index is 754. The van der Waals surface area contributed by atoms with Gasteiger partial charge in [-0.2, -0.15) is 0 Å². The number of piperazine rings is 1. The zero-order valence-electron chi connectivity index (χ0n) is 12.8. The second kappa shape index (κ2) is 6.32. The summed E-state index contributed by atoms with van der Waals surface area (Å²) in [5, 5.41) is 4.04. The van der Waals surface area contributed by atoms with Gasteiger partial charge in [-0.25, -0.2) is 4.99 Å². The van der Waals surface area contributed by atoms with Crippen molar-refractivity contribution in [2.45, 2.75) is 0 Å². The highest BCUT2D eigenvalue weighted by atomic mass is 35.5. The van der Waals surface area contributed by atoms with Crippen molar-refractivity contribution in [2.75, 3.05) is 32.7 Å². The summed E-state index contributed by atoms with van der Waals surface area (Å²) in [4.78, 5) is 7.31. The van der Waals surface area contributed by atoms with Crippen LogP contribution in [0.4, 0.5) is 5.69 Å². The van der Waals surface area contributed by atoms with Gasteiger partial charge in [0, 0.05) is 49.4 Å². The lowest BCUT2D eigenvalue weighted by atomic mass is 10.1. The molecule has 2 aromatic carbocycles. The van der Waals surface area contributed by atoms with Crippen molar-refractivity contribution in [1.29, 1.82) is 0 Å². The van der Waals surface area contributed by atoms with Gasteiger partial charge in [-0.05, 0) is 24.3 Å². The molecule has 0 saturated carbocycles. The van der Waals surface area contributed by atoms with Crippen LogP contribution in [0.25, 0.3) is 0 Å². The van der Waals surface area contributed by atoms with Gasteiger partial charge in [0.1, 0.15) is 11.4 Å². The molecule has 0 amide bonds. The number of aliphatic imine (C=N–C) groups is 1. The first-order valence-corrected chi connectivity index (χ1v) is 8.25. The number of nitrogens with zero attached hydrogens (tertiary/aromatic N) is 2. The Morgan fingerprint density at radius 1 is 1.09 bits per heavy atom. The van der Waals surface area contributed by atoms with E-state index in [1.807, 2.05) is 36.4 Å². The van der Waals surface area contributed by atoms with E-state index < -0.39 is 0 Å². The van der Waals surface area contributed by atoms with Gasteiger partial charge in [0.15, 0.2) is 5.75 Å². The molecule has 23 heavy (non-hydrogen) atoms. The molecule has 2 aliphatic heterocycles. The van der Waals surface area contributed by atoms with Crippen LogP contribution in [0.2, 0.25) is 5.02 Å². The van der Waals surface area contributed by atoms with E-state index in [0.29, 0.717) is 10.8 Å². The van der Waals surface area contributed by atoms with Crippen LogP contribution in [0.15, 0.2) is 47.5 Å². The normalized spacial score (nSPS) is 17.5. The Labute approximate surface area is 140 Å². The largest absolute Gasteiger partial charge is 0.454 e. The third-order valence-corrected chi connectivity index (χ3v) is 4.41. The van der Waals surface area contributed by atoms with Gasteiger partial charge in [0.2, 0.25) is 0 Å². The molecule has 1 saturated heterocycles. The number of benzene rings is 2. The van der Waals surface area contributed by atoms with E-state index in [1.54, 1.807) is 0 Å². The van der Waals surface area contributed by atoms with Gasteiger partial charge in [-0.1, -0.05) is 23.7 Å². The van der Waals surface area contributed by atoms with E-state index in [2.05, 4.69) is 16.3 Å². The molecule has 4 nitrogen and oxygen atoms in total. The fourth-order valence-corrected chi connectivity index (χ4v) is 3.14. The van der Waals surface area contributed by atoms with E-state index in [0.717, 1.165) is 55.4 Å². The molecular formula is C18H18ClN3O. The summed E-state index contributed by atoms with van der Waals surface area (Å²) in [6.45, 7) is 4.95. The molecule has 0 unspecified atom stereocenters. The molecule has 1 N–H and O–H groups in total. The predicted molar refractivity (Wildman–Crippen MR) is 93.5 cm³/mol. The van der Waals surface area contributed by atoms with E-state index in [9.17, 15) is 0 Å². The minimum Gasteiger partial charge on any atom is -0.454 e. The van der Waals surface area contributed by atoms with Gasteiger partial charge in [0.25, 0.3) is 0 Å². The minimum absolute atomic E-state index is 0.655. The lowest BCUT2D eigenvalue weighted by Crippen LogP contribution is -2.45. The highest BCUT2D eigenvalue weighted by Crippen LogP contribution is 2.39. The van der Waals surface area contributed by atoms with Gasteiger partial charge in [-0.3, -0.25) is 4.90 Å². The third kappa shape index (κ3) is 3.11. The summed E-state index contributed by atoms with van der Waals surface area (Å²) < 4.78 is 6.07. The molecule has 118 valence electrons. The summed E-state index contributed by atoms with van der Waals surface area (Å²) in [5.74, 6) is 1.54. The van der Waals surface area contributed by atoms with Crippen molar-refractivity contribution in [3.63, 3.8) is 0 Å². The highest BCUT2D eigenvalue weighted by Gasteiger charge is 2.21. The SMILES string of the molecule is Clc1ccc2c(c1)Oc1ccccc1C(CN1CCNCC1)=N2. The summed E-state index contributed by atoms with van der Waals surface area (Å²) in [6, 6.07) is 13.7. The molecule has 2 aromatic rings. The number of ether oxygens (including phenoxy) is 1. The van der Waals surface area contributed by atoms with Crippen LogP contribution in [0.3, 0.4) is 0 Å². The number of hydrogen-bond donors (Lipinski definition) is 1. The van der Waals surface area contributed by atoms with Crippen molar-refractivity contribution in [3.05, 3.63) is 53.1 Å². The Kier molecular flexibility index (Phi) is 4.04. The van der Waals surface area contributed by atoms with E-state index in [1.165, 1.54) is 0 Å². The topological polar surface area (TPSA) is 36.9 Å². The number of halogens is 1. The molecule has 2 aliphatic rings. The first-order chi connectivity index (χ1) is 11.3. The Balaban J connectivity index is 1.75. The van der Waals surface area contributed by atoms with Crippen LogP contribution in [0.1, 0.15) is 5.56 Å². The van der Waals surface area contributed by atoms with Gasteiger partial charge >= 0.3 is 0 Å². The molecule has 0 aromatic heterocycles. The van der Waals surface area contributed by atoms with E-state index in [-0.39, 0.29) is 0 Å². The van der Waals surface area contributed by atoms with Gasteiger partial charge < -0.3 is 10.1 Å². The molecular weight excluding hydrogens is 310 g/mol. The van der Waals surface area contributed by atoms with Gasteiger partial charge in [0.05, 0.1) is 5.71 Å². The molecule has 0 atom stereocenters. The average Bonchev–Trinajstić information content (AvgIpc) is 2.72. The number of nitrogens with one attached hydrogen (secondary N) is 1. The number of para-hydroxylation sites is 1. The lowest BCUT2D eigenvalue weighted by molar-refractivity contribution is 0.272. The van der Waals surface area contributed by atoms with Crippen molar-refractivity contribution >= 4 is 23.0 Å². The summed E-state index contributed by atoms with van der Waals surface area (Å²) >= 11 is 6.11. The summed E-state index contributed by atoms with van der Waals surface area (Å²) in [7, 11) is 0. The minimum atomic E-state index is 0.655. The fourth-order valence-electron chi connectivity index (χ4n) is 2.98. The molecule has 0 spiro atoms. The molecule has 5 heteroatoms. The quantitative estimate of drug-likeness (QED) is 0.917. The van der Waals surface area contributed by atoms with Gasteiger partial charge in [-0.15, -0.1) is 0 Å². The van der Waals surface area contributed by atoms with Crippen LogP contribution in [0.5, 0.6) is 11.5 Å². The Morgan fingerprint density at radius 3 is 2.78 bits per heavy atom. The van der Waals surface area contributed by atoms with E-state index >= 15 is 0 Å². The molecule has 4 rings (SSSR count). The van der Waals surface area contributed by atoms with E-state index in [4.69, 9.17) is 21.3 Å². The highest BCUT2D eigenvalue weighted by molar-refractivity contribution is 6.30. The van der Waals surface area contributed by atoms with Crippen molar-refractivity contribution in [2.24, 2.45) is 4.99 Å². The molecule has 0 radical (unpaired) electrons. The maximum Gasteiger partial charge on any atom is 0.154 e. The third-order valence-electron chi connectivity index (χ3n) is 4.18. The number of hydrogen-bond acceptors (Lipinski definition) is 4. The average molecular weight is 328 g/mol. The van der Waals surface area contributed by atoms with Crippen molar-refractivity contribution in [1.82, 2.24) is 10.2 Å². The predicted octanol–water partition coefficient (Wildman–Crippen LogP) is 3.47. The second-order valence-electron chi connectivity index (χ2n) is 5.79. The second-order valence-corrected chi connectivity index (χ2v) is 6.23.